The zero-order valence-electron chi connectivity index (χ0n) is 14.9. The van der Waals surface area contributed by atoms with Gasteiger partial charge in [-0.2, -0.15) is 0 Å². The molecule has 0 saturated carbocycles. The predicted molar refractivity (Wildman–Crippen MR) is 103 cm³/mol. The van der Waals surface area contributed by atoms with E-state index in [1.54, 1.807) is 6.07 Å². The van der Waals surface area contributed by atoms with Crippen LogP contribution >= 0.6 is 11.8 Å². The summed E-state index contributed by atoms with van der Waals surface area (Å²) in [5.74, 6) is 1.17. The molecule has 1 saturated heterocycles. The van der Waals surface area contributed by atoms with Crippen molar-refractivity contribution >= 4 is 28.7 Å². The molecular weight excluding hydrogens is 346 g/mol. The van der Waals surface area contributed by atoms with Crippen LogP contribution in [0.15, 0.2) is 35.5 Å². The van der Waals surface area contributed by atoms with Crippen LogP contribution < -0.4 is 0 Å². The molecule has 0 aliphatic carbocycles. The third-order valence-corrected chi connectivity index (χ3v) is 5.29. The highest BCUT2D eigenvalue weighted by Crippen LogP contribution is 2.27. The third kappa shape index (κ3) is 3.31. The fourth-order valence-corrected chi connectivity index (χ4v) is 3.88. The van der Waals surface area contributed by atoms with Crippen LogP contribution in [0.4, 0.5) is 0 Å². The van der Waals surface area contributed by atoms with Crippen molar-refractivity contribution in [2.24, 2.45) is 0 Å². The molecule has 7 heteroatoms. The van der Waals surface area contributed by atoms with E-state index < -0.39 is 0 Å². The maximum atomic E-state index is 13.0. The Hall–Kier alpha value is -2.41. The fourth-order valence-electron chi connectivity index (χ4n) is 3.45. The number of imidazole rings is 1. The molecule has 0 radical (unpaired) electrons. The molecule has 0 bridgehead atoms. The number of aromatic nitrogens is 4. The standard InChI is InChI=1S/C19H21N5OS/c1-12-10-16(23-19(20-12)26-2)18(25)24-9-5-6-13(11-24)17-21-14-7-3-4-8-15(14)22-17/h3-4,7-8,10,13H,5-6,9,11H2,1-2H3,(H,21,22). The maximum Gasteiger partial charge on any atom is 0.272 e. The number of fused-ring (bicyclic) bond motifs is 1. The Morgan fingerprint density at radius 1 is 1.27 bits per heavy atom. The van der Waals surface area contributed by atoms with Gasteiger partial charge in [0.25, 0.3) is 5.91 Å². The lowest BCUT2D eigenvalue weighted by molar-refractivity contribution is 0.0697. The summed E-state index contributed by atoms with van der Waals surface area (Å²) in [4.78, 5) is 31.7. The van der Waals surface area contributed by atoms with E-state index in [0.717, 1.165) is 41.9 Å². The molecule has 26 heavy (non-hydrogen) atoms. The van der Waals surface area contributed by atoms with E-state index in [-0.39, 0.29) is 11.8 Å². The van der Waals surface area contributed by atoms with E-state index in [2.05, 4.69) is 15.0 Å². The van der Waals surface area contributed by atoms with Crippen molar-refractivity contribution in [1.82, 2.24) is 24.8 Å². The molecule has 1 aliphatic rings. The molecule has 3 heterocycles. The molecule has 1 atom stereocenters. The number of piperidine rings is 1. The SMILES string of the molecule is CSc1nc(C)cc(C(=O)N2CCCC(c3nc4ccccc4[nH]3)C2)n1. The van der Waals surface area contributed by atoms with E-state index in [0.29, 0.717) is 17.4 Å². The number of hydrogen-bond acceptors (Lipinski definition) is 5. The van der Waals surface area contributed by atoms with Crippen molar-refractivity contribution in [3.8, 4) is 0 Å². The molecule has 1 aliphatic heterocycles. The van der Waals surface area contributed by atoms with Crippen molar-refractivity contribution < 1.29 is 4.79 Å². The largest absolute Gasteiger partial charge is 0.342 e. The van der Waals surface area contributed by atoms with Crippen LogP contribution in [0, 0.1) is 6.92 Å². The van der Waals surface area contributed by atoms with Gasteiger partial charge in [0, 0.05) is 24.7 Å². The van der Waals surface area contributed by atoms with E-state index in [1.807, 2.05) is 42.3 Å². The number of benzene rings is 1. The monoisotopic (exact) mass is 367 g/mol. The normalized spacial score (nSPS) is 17.6. The topological polar surface area (TPSA) is 74.8 Å². The van der Waals surface area contributed by atoms with Gasteiger partial charge in [-0.15, -0.1) is 0 Å². The molecular formula is C19H21N5OS. The van der Waals surface area contributed by atoms with Crippen LogP contribution in [0.2, 0.25) is 0 Å². The number of H-pyrrole nitrogens is 1. The Balaban J connectivity index is 1.56. The zero-order chi connectivity index (χ0) is 18.1. The molecule has 1 amide bonds. The van der Waals surface area contributed by atoms with E-state index in [1.165, 1.54) is 11.8 Å². The molecule has 1 fully saturated rings. The quantitative estimate of drug-likeness (QED) is 0.567. The molecule has 6 nitrogen and oxygen atoms in total. The number of nitrogens with one attached hydrogen (secondary N) is 1. The molecule has 1 unspecified atom stereocenters. The first-order valence-electron chi connectivity index (χ1n) is 8.77. The minimum absolute atomic E-state index is 0.0217. The van der Waals surface area contributed by atoms with Gasteiger partial charge >= 0.3 is 0 Å². The number of amides is 1. The fraction of sp³-hybridized carbons (Fsp3) is 0.368. The average Bonchev–Trinajstić information content (AvgIpc) is 3.11. The Morgan fingerprint density at radius 2 is 2.12 bits per heavy atom. The second kappa shape index (κ2) is 7.07. The van der Waals surface area contributed by atoms with Crippen LogP contribution in [0.1, 0.15) is 40.8 Å². The zero-order valence-corrected chi connectivity index (χ0v) is 15.7. The van der Waals surface area contributed by atoms with Gasteiger partial charge in [0.2, 0.25) is 0 Å². The van der Waals surface area contributed by atoms with Crippen molar-refractivity contribution in [3.63, 3.8) is 0 Å². The minimum Gasteiger partial charge on any atom is -0.342 e. The number of nitrogens with zero attached hydrogens (tertiary/aromatic N) is 4. The Labute approximate surface area is 156 Å². The number of aromatic amines is 1. The summed E-state index contributed by atoms with van der Waals surface area (Å²) in [5.41, 5.74) is 3.31. The van der Waals surface area contributed by atoms with Gasteiger partial charge in [-0.05, 0) is 44.2 Å². The van der Waals surface area contributed by atoms with Gasteiger partial charge in [-0.1, -0.05) is 23.9 Å². The first-order valence-corrected chi connectivity index (χ1v) is 10.00. The van der Waals surface area contributed by atoms with Gasteiger partial charge in [0.05, 0.1) is 11.0 Å². The molecule has 1 aromatic carbocycles. The highest BCUT2D eigenvalue weighted by Gasteiger charge is 2.28. The average molecular weight is 367 g/mol. The molecule has 2 aromatic heterocycles. The summed E-state index contributed by atoms with van der Waals surface area (Å²) in [6.07, 6.45) is 3.91. The van der Waals surface area contributed by atoms with Crippen LogP contribution in [0.3, 0.4) is 0 Å². The smallest absolute Gasteiger partial charge is 0.272 e. The second-order valence-corrected chi connectivity index (χ2v) is 7.38. The van der Waals surface area contributed by atoms with E-state index in [9.17, 15) is 4.79 Å². The van der Waals surface area contributed by atoms with Crippen molar-refractivity contribution in [3.05, 3.63) is 47.5 Å². The van der Waals surface area contributed by atoms with Crippen molar-refractivity contribution in [2.75, 3.05) is 19.3 Å². The van der Waals surface area contributed by atoms with Crippen LogP contribution in [-0.4, -0.2) is 50.1 Å². The van der Waals surface area contributed by atoms with Gasteiger partial charge in [0.15, 0.2) is 5.16 Å². The van der Waals surface area contributed by atoms with E-state index >= 15 is 0 Å². The lowest BCUT2D eigenvalue weighted by Gasteiger charge is -2.31. The molecule has 4 rings (SSSR count). The number of para-hydroxylation sites is 2. The second-order valence-electron chi connectivity index (χ2n) is 6.61. The number of aryl methyl sites for hydroxylation is 1. The number of rotatable bonds is 3. The third-order valence-electron chi connectivity index (χ3n) is 4.74. The Kier molecular flexibility index (Phi) is 4.63. The molecule has 1 N–H and O–H groups in total. The molecule has 0 spiro atoms. The summed E-state index contributed by atoms with van der Waals surface area (Å²) in [5, 5.41) is 0.638. The van der Waals surface area contributed by atoms with Gasteiger partial charge in [0.1, 0.15) is 11.5 Å². The highest BCUT2D eigenvalue weighted by atomic mass is 32.2. The number of thioether (sulfide) groups is 1. The van der Waals surface area contributed by atoms with Crippen LogP contribution in [0.5, 0.6) is 0 Å². The van der Waals surface area contributed by atoms with Gasteiger partial charge < -0.3 is 9.88 Å². The van der Waals surface area contributed by atoms with Crippen LogP contribution in [-0.2, 0) is 0 Å². The highest BCUT2D eigenvalue weighted by molar-refractivity contribution is 7.98. The van der Waals surface area contributed by atoms with Gasteiger partial charge in [-0.25, -0.2) is 15.0 Å². The lowest BCUT2D eigenvalue weighted by atomic mass is 9.97. The lowest BCUT2D eigenvalue weighted by Crippen LogP contribution is -2.39. The van der Waals surface area contributed by atoms with Crippen molar-refractivity contribution in [2.45, 2.75) is 30.8 Å². The first kappa shape index (κ1) is 17.0. The number of carbonyl (C=O) groups excluding carboxylic acids is 1. The predicted octanol–water partition coefficient (Wildman–Crippen LogP) is 3.40. The number of hydrogen-bond donors (Lipinski definition) is 1. The first-order chi connectivity index (χ1) is 12.6. The van der Waals surface area contributed by atoms with Crippen molar-refractivity contribution in [1.29, 1.82) is 0 Å². The summed E-state index contributed by atoms with van der Waals surface area (Å²) in [7, 11) is 0. The van der Waals surface area contributed by atoms with E-state index in [4.69, 9.17) is 4.98 Å². The Bertz CT molecular complexity index is 921. The van der Waals surface area contributed by atoms with Crippen LogP contribution in [0.25, 0.3) is 11.0 Å². The number of carbonyl (C=O) groups is 1. The minimum atomic E-state index is -0.0217. The Morgan fingerprint density at radius 3 is 2.92 bits per heavy atom. The maximum absolute atomic E-state index is 13.0. The summed E-state index contributed by atoms with van der Waals surface area (Å²) < 4.78 is 0. The summed E-state index contributed by atoms with van der Waals surface area (Å²) >= 11 is 1.45. The summed E-state index contributed by atoms with van der Waals surface area (Å²) in [6.45, 7) is 3.31. The summed E-state index contributed by atoms with van der Waals surface area (Å²) in [6, 6.07) is 9.80. The molecule has 134 valence electrons. The molecule has 3 aromatic rings. The van der Waals surface area contributed by atoms with Gasteiger partial charge in [-0.3, -0.25) is 4.79 Å². The number of likely N-dealkylation sites (tertiary alicyclic amines) is 1.